The van der Waals surface area contributed by atoms with Crippen LogP contribution in [0.2, 0.25) is 0 Å². The number of likely N-dealkylation sites (N-methyl/N-ethyl adjacent to an activating group) is 1. The summed E-state index contributed by atoms with van der Waals surface area (Å²) in [4.78, 5) is 34.8. The zero-order valence-electron chi connectivity index (χ0n) is 10.9. The van der Waals surface area contributed by atoms with E-state index in [1.807, 2.05) is 0 Å². The van der Waals surface area contributed by atoms with Crippen LogP contribution in [0.25, 0.3) is 0 Å². The van der Waals surface area contributed by atoms with Gasteiger partial charge < -0.3 is 20.8 Å². The highest BCUT2D eigenvalue weighted by Crippen LogP contribution is 2.13. The molecule has 0 bridgehead atoms. The molecular weight excluding hydrogens is 264 g/mol. The molecule has 108 valence electrons. The first kappa shape index (κ1) is 15.5. The second-order valence-electron chi connectivity index (χ2n) is 4.32. The molecule has 0 heterocycles. The van der Waals surface area contributed by atoms with Gasteiger partial charge in [-0.3, -0.25) is 9.59 Å². The van der Waals surface area contributed by atoms with Gasteiger partial charge in [-0.2, -0.15) is 0 Å². The topological polar surface area (TPSA) is 121 Å². The van der Waals surface area contributed by atoms with E-state index in [0.29, 0.717) is 11.3 Å². The van der Waals surface area contributed by atoms with Gasteiger partial charge in [-0.15, -0.1) is 0 Å². The molecule has 0 radical (unpaired) electrons. The fraction of sp³-hybridized carbons (Fsp3) is 0.308. The summed E-state index contributed by atoms with van der Waals surface area (Å²) in [5.41, 5.74) is 6.29. The maximum Gasteiger partial charge on any atom is 0.326 e. The van der Waals surface area contributed by atoms with Crippen LogP contribution in [-0.4, -0.2) is 46.0 Å². The summed E-state index contributed by atoms with van der Waals surface area (Å²) in [6, 6.07) is 4.87. The molecule has 0 saturated heterocycles. The standard InChI is InChI=1S/C13H16N2O5/c1-15(10(13(19)20)6-7-11(16)17)12(18)8-2-4-9(14)5-3-8/h2-5,10H,6-7,14H2,1H3,(H,16,17)(H,19,20)/t10-/m0/s1. The molecule has 4 N–H and O–H groups in total. The summed E-state index contributed by atoms with van der Waals surface area (Å²) in [6.45, 7) is 0. The van der Waals surface area contributed by atoms with Crippen molar-refractivity contribution in [2.45, 2.75) is 18.9 Å². The van der Waals surface area contributed by atoms with Gasteiger partial charge in [0.2, 0.25) is 0 Å². The number of benzene rings is 1. The number of carbonyl (C=O) groups is 3. The Labute approximate surface area is 115 Å². The van der Waals surface area contributed by atoms with Crippen LogP contribution in [0.1, 0.15) is 23.2 Å². The number of anilines is 1. The van der Waals surface area contributed by atoms with E-state index in [0.717, 1.165) is 4.90 Å². The highest BCUT2D eigenvalue weighted by atomic mass is 16.4. The smallest absolute Gasteiger partial charge is 0.326 e. The predicted octanol–water partition coefficient (Wildman–Crippen LogP) is 0.659. The third-order valence-corrected chi connectivity index (χ3v) is 2.86. The zero-order chi connectivity index (χ0) is 15.3. The molecule has 1 aromatic carbocycles. The second kappa shape index (κ2) is 6.55. The Hall–Kier alpha value is -2.57. The Morgan fingerprint density at radius 2 is 1.75 bits per heavy atom. The number of hydrogen-bond donors (Lipinski definition) is 3. The normalized spacial score (nSPS) is 11.7. The number of nitrogen functional groups attached to an aromatic ring is 1. The molecule has 0 aliphatic heterocycles. The van der Waals surface area contributed by atoms with Crippen molar-refractivity contribution < 1.29 is 24.6 Å². The molecule has 1 aromatic rings. The van der Waals surface area contributed by atoms with Gasteiger partial charge in [-0.05, 0) is 30.7 Å². The van der Waals surface area contributed by atoms with E-state index in [4.69, 9.17) is 15.9 Å². The van der Waals surface area contributed by atoms with Crippen molar-refractivity contribution in [1.82, 2.24) is 4.90 Å². The molecule has 0 unspecified atom stereocenters. The minimum atomic E-state index is -1.24. The predicted molar refractivity (Wildman–Crippen MR) is 71.2 cm³/mol. The molecule has 0 fully saturated rings. The first-order chi connectivity index (χ1) is 9.32. The van der Waals surface area contributed by atoms with Crippen molar-refractivity contribution in [2.75, 3.05) is 12.8 Å². The van der Waals surface area contributed by atoms with E-state index in [-0.39, 0.29) is 12.8 Å². The van der Waals surface area contributed by atoms with Crippen LogP contribution < -0.4 is 5.73 Å². The minimum absolute atomic E-state index is 0.151. The zero-order valence-corrected chi connectivity index (χ0v) is 10.9. The van der Waals surface area contributed by atoms with Crippen LogP contribution in [-0.2, 0) is 9.59 Å². The number of nitrogens with two attached hydrogens (primary N) is 1. The van der Waals surface area contributed by atoms with Crippen molar-refractivity contribution in [3.8, 4) is 0 Å². The van der Waals surface area contributed by atoms with Crippen LogP contribution in [0, 0.1) is 0 Å². The monoisotopic (exact) mass is 280 g/mol. The lowest BCUT2D eigenvalue weighted by molar-refractivity contribution is -0.143. The van der Waals surface area contributed by atoms with Gasteiger partial charge >= 0.3 is 11.9 Å². The van der Waals surface area contributed by atoms with E-state index >= 15 is 0 Å². The van der Waals surface area contributed by atoms with Gasteiger partial charge in [0.15, 0.2) is 0 Å². The number of hydrogen-bond acceptors (Lipinski definition) is 4. The van der Waals surface area contributed by atoms with Crippen LogP contribution in [0.15, 0.2) is 24.3 Å². The van der Waals surface area contributed by atoms with Crippen LogP contribution in [0.4, 0.5) is 5.69 Å². The van der Waals surface area contributed by atoms with Gasteiger partial charge in [0.1, 0.15) is 6.04 Å². The number of nitrogens with zero attached hydrogens (tertiary/aromatic N) is 1. The fourth-order valence-corrected chi connectivity index (χ4v) is 1.71. The lowest BCUT2D eigenvalue weighted by Crippen LogP contribution is -2.42. The summed E-state index contributed by atoms with van der Waals surface area (Å²) in [5.74, 6) is -2.84. The molecular formula is C13H16N2O5. The summed E-state index contributed by atoms with van der Waals surface area (Å²) < 4.78 is 0. The third kappa shape index (κ3) is 3.98. The maximum atomic E-state index is 12.1. The Morgan fingerprint density at radius 1 is 1.20 bits per heavy atom. The van der Waals surface area contributed by atoms with E-state index in [1.54, 1.807) is 0 Å². The summed E-state index contributed by atoms with van der Waals surface area (Å²) in [6.07, 6.45) is -0.474. The van der Waals surface area contributed by atoms with E-state index in [9.17, 15) is 14.4 Å². The van der Waals surface area contributed by atoms with Gasteiger partial charge in [0.25, 0.3) is 5.91 Å². The number of carboxylic acid groups (broad SMARTS) is 2. The summed E-state index contributed by atoms with van der Waals surface area (Å²) in [5, 5.41) is 17.7. The molecule has 7 nitrogen and oxygen atoms in total. The molecule has 0 spiro atoms. The van der Waals surface area contributed by atoms with Crippen LogP contribution in [0.5, 0.6) is 0 Å². The summed E-state index contributed by atoms with van der Waals surface area (Å²) in [7, 11) is 1.33. The number of carbonyl (C=O) groups excluding carboxylic acids is 1. The molecule has 1 amide bonds. The number of carboxylic acids is 2. The number of aliphatic carboxylic acids is 2. The Morgan fingerprint density at radius 3 is 2.20 bits per heavy atom. The Kier molecular flexibility index (Phi) is 5.08. The van der Waals surface area contributed by atoms with Gasteiger partial charge in [0, 0.05) is 24.7 Å². The fourth-order valence-electron chi connectivity index (χ4n) is 1.71. The molecule has 0 aliphatic carbocycles. The van der Waals surface area contributed by atoms with E-state index < -0.39 is 23.9 Å². The van der Waals surface area contributed by atoms with Crippen LogP contribution >= 0.6 is 0 Å². The van der Waals surface area contributed by atoms with Crippen molar-refractivity contribution in [1.29, 1.82) is 0 Å². The van der Waals surface area contributed by atoms with Crippen molar-refractivity contribution in [3.63, 3.8) is 0 Å². The molecule has 1 rings (SSSR count). The van der Waals surface area contributed by atoms with Crippen molar-refractivity contribution in [3.05, 3.63) is 29.8 Å². The van der Waals surface area contributed by atoms with E-state index in [2.05, 4.69) is 0 Å². The third-order valence-electron chi connectivity index (χ3n) is 2.86. The van der Waals surface area contributed by atoms with Crippen molar-refractivity contribution >= 4 is 23.5 Å². The average molecular weight is 280 g/mol. The number of amides is 1. The first-order valence-corrected chi connectivity index (χ1v) is 5.90. The van der Waals surface area contributed by atoms with Gasteiger partial charge in [0.05, 0.1) is 0 Å². The number of rotatable bonds is 6. The highest BCUT2D eigenvalue weighted by Gasteiger charge is 2.27. The molecule has 0 aromatic heterocycles. The van der Waals surface area contributed by atoms with Crippen molar-refractivity contribution in [2.24, 2.45) is 0 Å². The summed E-state index contributed by atoms with van der Waals surface area (Å²) >= 11 is 0. The molecule has 20 heavy (non-hydrogen) atoms. The second-order valence-corrected chi connectivity index (χ2v) is 4.32. The minimum Gasteiger partial charge on any atom is -0.481 e. The lowest BCUT2D eigenvalue weighted by Gasteiger charge is -2.24. The van der Waals surface area contributed by atoms with Gasteiger partial charge in [-0.1, -0.05) is 0 Å². The average Bonchev–Trinajstić information content (AvgIpc) is 2.38. The van der Waals surface area contributed by atoms with Crippen LogP contribution in [0.3, 0.4) is 0 Å². The SMILES string of the molecule is CN(C(=O)c1ccc(N)cc1)[C@@H](CCC(=O)O)C(=O)O. The molecule has 0 saturated carbocycles. The van der Waals surface area contributed by atoms with E-state index in [1.165, 1.54) is 31.3 Å². The largest absolute Gasteiger partial charge is 0.481 e. The molecule has 0 aliphatic rings. The maximum absolute atomic E-state index is 12.1. The first-order valence-electron chi connectivity index (χ1n) is 5.90. The highest BCUT2D eigenvalue weighted by molar-refractivity contribution is 5.96. The Bertz CT molecular complexity index is 512. The molecule has 1 atom stereocenters. The van der Waals surface area contributed by atoms with Gasteiger partial charge in [-0.25, -0.2) is 4.79 Å². The Balaban J connectivity index is 2.85. The quantitative estimate of drug-likeness (QED) is 0.658. The lowest BCUT2D eigenvalue weighted by atomic mass is 10.1. The molecule has 7 heteroatoms.